The van der Waals surface area contributed by atoms with E-state index in [4.69, 9.17) is 4.42 Å². The molecule has 0 spiro atoms. The monoisotopic (exact) mass is 221 g/mol. The van der Waals surface area contributed by atoms with Gasteiger partial charge in [0.05, 0.1) is 4.90 Å². The second kappa shape index (κ2) is 3.56. The predicted molar refractivity (Wildman–Crippen MR) is 64.5 cm³/mol. The van der Waals surface area contributed by atoms with Gasteiger partial charge >= 0.3 is 0 Å². The van der Waals surface area contributed by atoms with Crippen molar-refractivity contribution in [1.82, 2.24) is 4.98 Å². The third-order valence-electron chi connectivity index (χ3n) is 2.24. The minimum atomic E-state index is -0.0330. The van der Waals surface area contributed by atoms with Crippen LogP contribution in [0.4, 0.5) is 0 Å². The summed E-state index contributed by atoms with van der Waals surface area (Å²) >= 11 is 1.69. The van der Waals surface area contributed by atoms with Gasteiger partial charge in [-0.2, -0.15) is 0 Å². The summed E-state index contributed by atoms with van der Waals surface area (Å²) in [6, 6.07) is 6.07. The number of hydrogen-bond acceptors (Lipinski definition) is 3. The molecule has 0 fully saturated rings. The van der Waals surface area contributed by atoms with E-state index in [1.165, 1.54) is 0 Å². The highest BCUT2D eigenvalue weighted by atomic mass is 32.2. The molecule has 0 aliphatic carbocycles. The Hall–Kier alpha value is -0.960. The SMILES string of the molecule is CSc1cccc2nc(C(C)(C)C)oc12. The quantitative estimate of drug-likeness (QED) is 0.684. The lowest BCUT2D eigenvalue weighted by atomic mass is 9.97. The molecule has 0 bridgehead atoms. The fourth-order valence-electron chi connectivity index (χ4n) is 1.41. The van der Waals surface area contributed by atoms with Crippen molar-refractivity contribution in [3.63, 3.8) is 0 Å². The fraction of sp³-hybridized carbons (Fsp3) is 0.417. The van der Waals surface area contributed by atoms with Crippen LogP contribution in [0.25, 0.3) is 11.1 Å². The van der Waals surface area contributed by atoms with Crippen LogP contribution in [0.5, 0.6) is 0 Å². The third-order valence-corrected chi connectivity index (χ3v) is 3.00. The van der Waals surface area contributed by atoms with Crippen LogP contribution in [0.2, 0.25) is 0 Å². The van der Waals surface area contributed by atoms with Crippen LogP contribution in [0.15, 0.2) is 27.5 Å². The zero-order chi connectivity index (χ0) is 11.1. The zero-order valence-electron chi connectivity index (χ0n) is 9.50. The van der Waals surface area contributed by atoms with Gasteiger partial charge in [0.2, 0.25) is 5.89 Å². The van der Waals surface area contributed by atoms with Gasteiger partial charge in [0.15, 0.2) is 5.58 Å². The molecule has 0 aliphatic rings. The lowest BCUT2D eigenvalue weighted by Crippen LogP contribution is -2.10. The van der Waals surface area contributed by atoms with E-state index in [9.17, 15) is 0 Å². The van der Waals surface area contributed by atoms with Gasteiger partial charge in [0.1, 0.15) is 5.52 Å². The highest BCUT2D eigenvalue weighted by molar-refractivity contribution is 7.98. The number of hydrogen-bond donors (Lipinski definition) is 0. The Kier molecular flexibility index (Phi) is 2.51. The first kappa shape index (κ1) is 10.6. The van der Waals surface area contributed by atoms with Crippen LogP contribution >= 0.6 is 11.8 Å². The van der Waals surface area contributed by atoms with Crippen LogP contribution in [0.1, 0.15) is 26.7 Å². The lowest BCUT2D eigenvalue weighted by molar-refractivity contribution is 0.409. The fourth-order valence-corrected chi connectivity index (χ4v) is 1.95. The van der Waals surface area contributed by atoms with Gasteiger partial charge in [-0.3, -0.25) is 0 Å². The molecule has 2 aromatic rings. The van der Waals surface area contributed by atoms with Gasteiger partial charge in [-0.25, -0.2) is 4.98 Å². The third kappa shape index (κ3) is 1.88. The molecular formula is C12H15NOS. The van der Waals surface area contributed by atoms with E-state index in [2.05, 4.69) is 31.8 Å². The van der Waals surface area contributed by atoms with Crippen LogP contribution in [-0.2, 0) is 5.41 Å². The van der Waals surface area contributed by atoms with Crippen molar-refractivity contribution in [3.05, 3.63) is 24.1 Å². The minimum absolute atomic E-state index is 0.0330. The average molecular weight is 221 g/mol. The normalized spacial score (nSPS) is 12.3. The van der Waals surface area contributed by atoms with Crippen molar-refractivity contribution in [2.45, 2.75) is 31.1 Å². The van der Waals surface area contributed by atoms with E-state index >= 15 is 0 Å². The summed E-state index contributed by atoms with van der Waals surface area (Å²) in [6.45, 7) is 6.32. The largest absolute Gasteiger partial charge is 0.439 e. The van der Waals surface area contributed by atoms with Crippen LogP contribution in [-0.4, -0.2) is 11.2 Å². The van der Waals surface area contributed by atoms with Gasteiger partial charge in [-0.15, -0.1) is 11.8 Å². The number of thioether (sulfide) groups is 1. The Bertz CT molecular complexity index is 482. The Morgan fingerprint density at radius 3 is 2.60 bits per heavy atom. The maximum absolute atomic E-state index is 5.82. The maximum atomic E-state index is 5.82. The molecular weight excluding hydrogens is 206 g/mol. The lowest BCUT2D eigenvalue weighted by Gasteiger charge is -2.11. The standard InChI is InChI=1S/C12H15NOS/c1-12(2,3)11-13-8-6-5-7-9(15-4)10(8)14-11/h5-7H,1-4H3. The summed E-state index contributed by atoms with van der Waals surface area (Å²) in [5.74, 6) is 0.805. The number of para-hydroxylation sites is 1. The first-order valence-corrected chi connectivity index (χ1v) is 6.19. The maximum Gasteiger partial charge on any atom is 0.200 e. The molecule has 1 aromatic heterocycles. The highest BCUT2D eigenvalue weighted by Gasteiger charge is 2.21. The topological polar surface area (TPSA) is 26.0 Å². The number of oxazole rings is 1. The molecule has 0 saturated heterocycles. The molecule has 1 aromatic carbocycles. The summed E-state index contributed by atoms with van der Waals surface area (Å²) < 4.78 is 5.82. The average Bonchev–Trinajstić information content (AvgIpc) is 2.59. The van der Waals surface area contributed by atoms with E-state index in [1.54, 1.807) is 11.8 Å². The van der Waals surface area contributed by atoms with Gasteiger partial charge in [0.25, 0.3) is 0 Å². The summed E-state index contributed by atoms with van der Waals surface area (Å²) in [4.78, 5) is 5.66. The molecule has 15 heavy (non-hydrogen) atoms. The molecule has 3 heteroatoms. The Morgan fingerprint density at radius 1 is 1.27 bits per heavy atom. The van der Waals surface area contributed by atoms with Gasteiger partial charge in [-0.1, -0.05) is 26.8 Å². The second-order valence-corrected chi connectivity index (χ2v) is 5.43. The number of rotatable bonds is 1. The Labute approximate surface area is 94.1 Å². The van der Waals surface area contributed by atoms with Crippen molar-refractivity contribution < 1.29 is 4.42 Å². The summed E-state index contributed by atoms with van der Waals surface area (Å²) in [5, 5.41) is 0. The zero-order valence-corrected chi connectivity index (χ0v) is 10.3. The highest BCUT2D eigenvalue weighted by Crippen LogP contribution is 2.31. The van der Waals surface area contributed by atoms with Gasteiger partial charge < -0.3 is 4.42 Å². The molecule has 1 heterocycles. The van der Waals surface area contributed by atoms with E-state index in [-0.39, 0.29) is 5.41 Å². The summed E-state index contributed by atoms with van der Waals surface area (Å²) in [5.41, 5.74) is 1.83. The molecule has 0 saturated carbocycles. The second-order valence-electron chi connectivity index (χ2n) is 4.58. The molecule has 80 valence electrons. The summed E-state index contributed by atoms with van der Waals surface area (Å²) in [6.07, 6.45) is 2.05. The molecule has 2 rings (SSSR count). The molecule has 0 aliphatic heterocycles. The van der Waals surface area contributed by atoms with Crippen molar-refractivity contribution in [2.75, 3.05) is 6.26 Å². The number of aromatic nitrogens is 1. The van der Waals surface area contributed by atoms with Crippen LogP contribution in [0, 0.1) is 0 Å². The van der Waals surface area contributed by atoms with Crippen molar-refractivity contribution in [3.8, 4) is 0 Å². The molecule has 0 amide bonds. The summed E-state index contributed by atoms with van der Waals surface area (Å²) in [7, 11) is 0. The first-order chi connectivity index (χ1) is 7.02. The van der Waals surface area contributed by atoms with E-state index in [0.29, 0.717) is 0 Å². The molecule has 0 N–H and O–H groups in total. The van der Waals surface area contributed by atoms with E-state index < -0.39 is 0 Å². The minimum Gasteiger partial charge on any atom is -0.439 e. The number of nitrogens with zero attached hydrogens (tertiary/aromatic N) is 1. The Morgan fingerprint density at radius 2 is 2.00 bits per heavy atom. The van der Waals surface area contributed by atoms with Crippen molar-refractivity contribution in [1.29, 1.82) is 0 Å². The van der Waals surface area contributed by atoms with Gasteiger partial charge in [-0.05, 0) is 18.4 Å². The number of fused-ring (bicyclic) bond motifs is 1. The van der Waals surface area contributed by atoms with Crippen LogP contribution < -0.4 is 0 Å². The van der Waals surface area contributed by atoms with E-state index in [0.717, 1.165) is 21.9 Å². The number of benzene rings is 1. The van der Waals surface area contributed by atoms with Crippen molar-refractivity contribution in [2.24, 2.45) is 0 Å². The Balaban J connectivity index is 2.65. The smallest absolute Gasteiger partial charge is 0.200 e. The molecule has 0 radical (unpaired) electrons. The van der Waals surface area contributed by atoms with Crippen LogP contribution in [0.3, 0.4) is 0 Å². The molecule has 0 atom stereocenters. The predicted octanol–water partition coefficient (Wildman–Crippen LogP) is 3.85. The van der Waals surface area contributed by atoms with E-state index in [1.807, 2.05) is 18.4 Å². The van der Waals surface area contributed by atoms with Crippen molar-refractivity contribution >= 4 is 22.9 Å². The first-order valence-electron chi connectivity index (χ1n) is 4.96. The van der Waals surface area contributed by atoms with Gasteiger partial charge in [0, 0.05) is 5.41 Å². The molecule has 2 nitrogen and oxygen atoms in total. The molecule has 0 unspecified atom stereocenters.